The first-order valence-electron chi connectivity index (χ1n) is 6.90. The molecule has 1 heterocycles. The fourth-order valence-corrected chi connectivity index (χ4v) is 2.74. The van der Waals surface area contributed by atoms with Crippen LogP contribution in [-0.2, 0) is 23.1 Å². The predicted molar refractivity (Wildman–Crippen MR) is 88.5 cm³/mol. The molecule has 22 heavy (non-hydrogen) atoms. The van der Waals surface area contributed by atoms with Crippen molar-refractivity contribution in [1.82, 2.24) is 4.57 Å². The predicted octanol–water partition coefficient (Wildman–Crippen LogP) is 2.00. The zero-order chi connectivity index (χ0) is 16.1. The van der Waals surface area contributed by atoms with E-state index in [-0.39, 0.29) is 11.5 Å². The van der Waals surface area contributed by atoms with Crippen LogP contribution in [0.4, 0.5) is 5.69 Å². The van der Waals surface area contributed by atoms with E-state index in [2.05, 4.69) is 5.32 Å². The van der Waals surface area contributed by atoms with Gasteiger partial charge in [-0.25, -0.2) is 0 Å². The first-order chi connectivity index (χ1) is 10.5. The molecule has 0 aliphatic heterocycles. The number of carbonyl (C=O) groups is 1. The smallest absolute Gasteiger partial charge is 0.255 e. The number of hydrogen-bond acceptors (Lipinski definition) is 3. The molecule has 6 heteroatoms. The van der Waals surface area contributed by atoms with Crippen molar-refractivity contribution < 1.29 is 9.00 Å². The third-order valence-electron chi connectivity index (χ3n) is 3.14. The average molecular weight is 318 g/mol. The molecule has 0 fully saturated rings. The summed E-state index contributed by atoms with van der Waals surface area (Å²) in [6.07, 6.45) is 3.24. The Kier molecular flexibility index (Phi) is 5.27. The topological polar surface area (TPSA) is 68.2 Å². The number of rotatable bonds is 5. The molecule has 1 amide bonds. The Balaban J connectivity index is 2.18. The van der Waals surface area contributed by atoms with Crippen LogP contribution in [0.25, 0.3) is 0 Å². The molecular formula is C16H18N2O3S. The maximum absolute atomic E-state index is 12.3. The second-order valence-electron chi connectivity index (χ2n) is 4.91. The molecule has 0 spiro atoms. The first kappa shape index (κ1) is 16.2. The molecule has 0 saturated carbocycles. The fourth-order valence-electron chi connectivity index (χ4n) is 2.09. The van der Waals surface area contributed by atoms with Gasteiger partial charge in [-0.05, 0) is 30.7 Å². The van der Waals surface area contributed by atoms with Crippen molar-refractivity contribution in [1.29, 1.82) is 0 Å². The van der Waals surface area contributed by atoms with E-state index in [1.807, 2.05) is 13.0 Å². The molecule has 116 valence electrons. The molecule has 0 radical (unpaired) electrons. The second kappa shape index (κ2) is 7.17. The SMILES string of the molecule is CCn1cc(NC(=O)c2cccc(CS(C)=O)c2)ccc1=O. The largest absolute Gasteiger partial charge is 0.321 e. The van der Waals surface area contributed by atoms with Crippen LogP contribution in [0.2, 0.25) is 0 Å². The summed E-state index contributed by atoms with van der Waals surface area (Å²) in [5, 5.41) is 2.77. The van der Waals surface area contributed by atoms with Crippen LogP contribution >= 0.6 is 0 Å². The Bertz CT molecular complexity index is 768. The van der Waals surface area contributed by atoms with Gasteiger partial charge in [0.05, 0.1) is 5.69 Å². The molecule has 0 aliphatic rings. The van der Waals surface area contributed by atoms with Crippen molar-refractivity contribution >= 4 is 22.4 Å². The van der Waals surface area contributed by atoms with Gasteiger partial charge in [0.15, 0.2) is 0 Å². The third-order valence-corrected chi connectivity index (χ3v) is 3.88. The van der Waals surface area contributed by atoms with Gasteiger partial charge in [0.1, 0.15) is 0 Å². The van der Waals surface area contributed by atoms with Crippen molar-refractivity contribution in [2.24, 2.45) is 0 Å². The monoisotopic (exact) mass is 318 g/mol. The fraction of sp³-hybridized carbons (Fsp3) is 0.250. The van der Waals surface area contributed by atoms with Crippen molar-refractivity contribution in [3.63, 3.8) is 0 Å². The highest BCUT2D eigenvalue weighted by Crippen LogP contribution is 2.11. The van der Waals surface area contributed by atoms with E-state index in [4.69, 9.17) is 0 Å². The summed E-state index contributed by atoms with van der Waals surface area (Å²) >= 11 is 0. The summed E-state index contributed by atoms with van der Waals surface area (Å²) in [5.41, 5.74) is 1.81. The number of benzene rings is 1. The summed E-state index contributed by atoms with van der Waals surface area (Å²) in [5.74, 6) is 0.159. The van der Waals surface area contributed by atoms with E-state index in [1.54, 1.807) is 36.7 Å². The zero-order valence-electron chi connectivity index (χ0n) is 12.5. The molecule has 0 bridgehead atoms. The van der Waals surface area contributed by atoms with Crippen molar-refractivity contribution in [3.8, 4) is 0 Å². The highest BCUT2D eigenvalue weighted by Gasteiger charge is 2.08. The van der Waals surface area contributed by atoms with Crippen LogP contribution < -0.4 is 10.9 Å². The van der Waals surface area contributed by atoms with Crippen LogP contribution in [0.5, 0.6) is 0 Å². The van der Waals surface area contributed by atoms with E-state index in [0.717, 1.165) is 5.56 Å². The minimum Gasteiger partial charge on any atom is -0.321 e. The summed E-state index contributed by atoms with van der Waals surface area (Å²) < 4.78 is 12.8. The van der Waals surface area contributed by atoms with Crippen molar-refractivity contribution in [2.75, 3.05) is 11.6 Å². The number of nitrogens with zero attached hydrogens (tertiary/aromatic N) is 1. The highest BCUT2D eigenvalue weighted by atomic mass is 32.2. The van der Waals surface area contributed by atoms with E-state index >= 15 is 0 Å². The number of anilines is 1. The molecule has 1 N–H and O–H groups in total. The highest BCUT2D eigenvalue weighted by molar-refractivity contribution is 7.83. The number of pyridine rings is 1. The Morgan fingerprint density at radius 3 is 2.73 bits per heavy atom. The molecule has 0 aliphatic carbocycles. The Labute approximate surface area is 131 Å². The summed E-state index contributed by atoms with van der Waals surface area (Å²) in [6.45, 7) is 2.40. The van der Waals surface area contributed by atoms with Crippen molar-refractivity contribution in [2.45, 2.75) is 19.2 Å². The lowest BCUT2D eigenvalue weighted by molar-refractivity contribution is 0.102. The minimum absolute atomic E-state index is 0.104. The molecule has 1 unspecified atom stereocenters. The molecule has 2 rings (SSSR count). The number of amides is 1. The second-order valence-corrected chi connectivity index (χ2v) is 6.35. The number of hydrogen-bond donors (Lipinski definition) is 1. The quantitative estimate of drug-likeness (QED) is 0.917. The third kappa shape index (κ3) is 4.14. The molecular weight excluding hydrogens is 300 g/mol. The lowest BCUT2D eigenvalue weighted by Gasteiger charge is -2.09. The van der Waals surface area contributed by atoms with Crippen LogP contribution in [0, 0.1) is 0 Å². The van der Waals surface area contributed by atoms with Crippen LogP contribution in [0.3, 0.4) is 0 Å². The van der Waals surface area contributed by atoms with Gasteiger partial charge in [0.2, 0.25) is 0 Å². The van der Waals surface area contributed by atoms with Crippen LogP contribution in [0.1, 0.15) is 22.8 Å². The Morgan fingerprint density at radius 2 is 2.05 bits per heavy atom. The van der Waals surface area contributed by atoms with Gasteiger partial charge in [-0.1, -0.05) is 12.1 Å². The number of aromatic nitrogens is 1. The summed E-state index contributed by atoms with van der Waals surface area (Å²) in [4.78, 5) is 23.8. The zero-order valence-corrected chi connectivity index (χ0v) is 13.4. The number of carbonyl (C=O) groups excluding carboxylic acids is 1. The minimum atomic E-state index is -0.953. The van der Waals surface area contributed by atoms with Gasteiger partial charge in [0, 0.05) is 47.2 Å². The van der Waals surface area contributed by atoms with E-state index in [0.29, 0.717) is 23.5 Å². The van der Waals surface area contributed by atoms with Gasteiger partial charge in [-0.15, -0.1) is 0 Å². The molecule has 5 nitrogen and oxygen atoms in total. The Morgan fingerprint density at radius 1 is 1.27 bits per heavy atom. The van der Waals surface area contributed by atoms with Crippen molar-refractivity contribution in [3.05, 3.63) is 64.1 Å². The van der Waals surface area contributed by atoms with E-state index in [9.17, 15) is 13.8 Å². The molecule has 1 atom stereocenters. The van der Waals surface area contributed by atoms with Crippen LogP contribution in [-0.4, -0.2) is 20.9 Å². The maximum Gasteiger partial charge on any atom is 0.255 e. The molecule has 2 aromatic rings. The number of nitrogens with one attached hydrogen (secondary N) is 1. The molecule has 1 aromatic heterocycles. The molecule has 1 aromatic carbocycles. The Hall–Kier alpha value is -2.21. The lowest BCUT2D eigenvalue weighted by atomic mass is 10.1. The standard InChI is InChI=1S/C16H18N2O3S/c1-3-18-10-14(7-8-15(18)19)17-16(20)13-6-4-5-12(9-13)11-22(2)21/h4-10H,3,11H2,1-2H3,(H,17,20). The normalized spacial score (nSPS) is 11.9. The number of aryl methyl sites for hydroxylation is 1. The van der Waals surface area contributed by atoms with Gasteiger partial charge in [0.25, 0.3) is 11.5 Å². The van der Waals surface area contributed by atoms with E-state index in [1.165, 1.54) is 10.6 Å². The van der Waals surface area contributed by atoms with Gasteiger partial charge < -0.3 is 9.88 Å². The summed E-state index contributed by atoms with van der Waals surface area (Å²) in [6, 6.07) is 10.0. The van der Waals surface area contributed by atoms with Crippen LogP contribution in [0.15, 0.2) is 47.4 Å². The van der Waals surface area contributed by atoms with E-state index < -0.39 is 10.8 Å². The summed E-state index contributed by atoms with van der Waals surface area (Å²) in [7, 11) is -0.953. The van der Waals surface area contributed by atoms with Gasteiger partial charge >= 0.3 is 0 Å². The van der Waals surface area contributed by atoms with Gasteiger partial charge in [-0.2, -0.15) is 0 Å². The first-order valence-corrected chi connectivity index (χ1v) is 8.63. The van der Waals surface area contributed by atoms with Gasteiger partial charge in [-0.3, -0.25) is 13.8 Å². The molecule has 0 saturated heterocycles. The lowest BCUT2D eigenvalue weighted by Crippen LogP contribution is -2.19. The average Bonchev–Trinajstić information content (AvgIpc) is 2.48. The maximum atomic E-state index is 12.3.